The molecule has 2 aromatic rings. The molecule has 23 heavy (non-hydrogen) atoms. The third kappa shape index (κ3) is 2.35. The molecule has 7 nitrogen and oxygen atoms in total. The van der Waals surface area contributed by atoms with Gasteiger partial charge in [-0.1, -0.05) is 13.8 Å². The molecule has 3 heterocycles. The summed E-state index contributed by atoms with van der Waals surface area (Å²) in [7, 11) is 0. The minimum Gasteiger partial charge on any atom is -0.456 e. The molecule has 1 aliphatic heterocycles. The first-order valence-corrected chi connectivity index (χ1v) is 7.78. The van der Waals surface area contributed by atoms with Gasteiger partial charge in [0.2, 0.25) is 0 Å². The summed E-state index contributed by atoms with van der Waals surface area (Å²) in [4.78, 5) is 26.1. The predicted molar refractivity (Wildman–Crippen MR) is 83.1 cm³/mol. The number of aromatic amines is 1. The first kappa shape index (κ1) is 15.7. The average molecular weight is 319 g/mol. The highest BCUT2D eigenvalue weighted by Gasteiger charge is 2.54. The Morgan fingerprint density at radius 2 is 2.26 bits per heavy atom. The van der Waals surface area contributed by atoms with E-state index in [2.05, 4.69) is 10.1 Å². The summed E-state index contributed by atoms with van der Waals surface area (Å²) >= 11 is 0. The van der Waals surface area contributed by atoms with Gasteiger partial charge in [-0.05, 0) is 25.5 Å². The van der Waals surface area contributed by atoms with Gasteiger partial charge in [0.1, 0.15) is 23.5 Å². The molecule has 124 valence electrons. The van der Waals surface area contributed by atoms with Crippen molar-refractivity contribution in [3.8, 4) is 0 Å². The molecule has 0 aromatic carbocycles. The maximum Gasteiger partial charge on any atom is 0.303 e. The van der Waals surface area contributed by atoms with Crippen LogP contribution in [0.5, 0.6) is 0 Å². The second-order valence-electron chi connectivity index (χ2n) is 6.20. The number of ether oxygens (including phenoxy) is 2. The maximum absolute atomic E-state index is 11.9. The number of nitrogens with zero attached hydrogens (tertiary/aromatic N) is 2. The fourth-order valence-corrected chi connectivity index (χ4v) is 3.47. The smallest absolute Gasteiger partial charge is 0.303 e. The van der Waals surface area contributed by atoms with Crippen molar-refractivity contribution in [3.05, 3.63) is 34.5 Å². The summed E-state index contributed by atoms with van der Waals surface area (Å²) in [6.45, 7) is 7.34. The van der Waals surface area contributed by atoms with Crippen LogP contribution in [0, 0.1) is 5.92 Å². The Hall–Kier alpha value is -2.15. The van der Waals surface area contributed by atoms with E-state index >= 15 is 0 Å². The largest absolute Gasteiger partial charge is 0.456 e. The van der Waals surface area contributed by atoms with Gasteiger partial charge in [-0.15, -0.1) is 0 Å². The Labute approximate surface area is 133 Å². The first-order chi connectivity index (χ1) is 10.9. The van der Waals surface area contributed by atoms with E-state index in [0.29, 0.717) is 11.2 Å². The van der Waals surface area contributed by atoms with Gasteiger partial charge in [-0.2, -0.15) is 5.10 Å². The van der Waals surface area contributed by atoms with Crippen molar-refractivity contribution in [1.29, 1.82) is 0 Å². The molecule has 0 unspecified atom stereocenters. The number of H-pyrrole nitrogens is 1. The summed E-state index contributed by atoms with van der Waals surface area (Å²) in [5.41, 5.74) is 0.102. The number of hydrogen-bond donors (Lipinski definition) is 1. The molecular formula is C16H21N3O4. The highest BCUT2D eigenvalue weighted by atomic mass is 16.6. The molecule has 4 atom stereocenters. The van der Waals surface area contributed by atoms with Gasteiger partial charge in [-0.3, -0.25) is 9.59 Å². The third-order valence-electron chi connectivity index (χ3n) is 4.81. The lowest BCUT2D eigenvalue weighted by Crippen LogP contribution is -2.41. The van der Waals surface area contributed by atoms with Crippen LogP contribution in [0.2, 0.25) is 0 Å². The first-order valence-electron chi connectivity index (χ1n) is 7.78. The minimum absolute atomic E-state index is 0.0222. The molecule has 0 spiro atoms. The Morgan fingerprint density at radius 3 is 2.91 bits per heavy atom. The topological polar surface area (TPSA) is 85.7 Å². The Balaban J connectivity index is 2.13. The molecular weight excluding hydrogens is 298 g/mol. The number of fused-ring (bicyclic) bond motifs is 1. The van der Waals surface area contributed by atoms with E-state index in [9.17, 15) is 9.59 Å². The summed E-state index contributed by atoms with van der Waals surface area (Å²) in [5.74, 6) is -0.328. The quantitative estimate of drug-likeness (QED) is 0.872. The van der Waals surface area contributed by atoms with Gasteiger partial charge in [-0.25, -0.2) is 4.52 Å². The van der Waals surface area contributed by atoms with Crippen LogP contribution in [-0.4, -0.2) is 32.3 Å². The lowest BCUT2D eigenvalue weighted by molar-refractivity contribution is -0.165. The third-order valence-corrected chi connectivity index (χ3v) is 4.81. The summed E-state index contributed by atoms with van der Waals surface area (Å²) in [5, 5.41) is 4.21. The maximum atomic E-state index is 11.9. The summed E-state index contributed by atoms with van der Waals surface area (Å²) in [6.07, 6.45) is 1.64. The highest BCUT2D eigenvalue weighted by Crippen LogP contribution is 2.48. The molecule has 7 heteroatoms. The average Bonchev–Trinajstić information content (AvgIpc) is 3.01. The molecule has 0 aliphatic carbocycles. The zero-order valence-electron chi connectivity index (χ0n) is 13.7. The lowest BCUT2D eigenvalue weighted by Gasteiger charge is -2.32. The zero-order chi connectivity index (χ0) is 16.8. The van der Waals surface area contributed by atoms with E-state index in [4.69, 9.17) is 9.47 Å². The molecule has 0 bridgehead atoms. The molecule has 0 amide bonds. The van der Waals surface area contributed by atoms with Crippen molar-refractivity contribution in [2.24, 2.45) is 5.92 Å². The molecule has 3 rings (SSSR count). The van der Waals surface area contributed by atoms with Crippen LogP contribution in [0.4, 0.5) is 0 Å². The molecule has 2 aromatic heterocycles. The van der Waals surface area contributed by atoms with Crippen molar-refractivity contribution in [1.82, 2.24) is 14.6 Å². The number of rotatable bonds is 3. The van der Waals surface area contributed by atoms with Crippen LogP contribution in [0.3, 0.4) is 0 Å². The van der Waals surface area contributed by atoms with Gasteiger partial charge in [0.05, 0.1) is 11.8 Å². The van der Waals surface area contributed by atoms with Crippen LogP contribution in [-0.2, 0) is 14.3 Å². The SMILES string of the molecule is CC[C@H]1O[C@@H](c2ccc3c(=O)[nH]cnn23)[C@](C)(OC(C)=O)[C@@H]1C. The van der Waals surface area contributed by atoms with E-state index in [1.54, 1.807) is 16.6 Å². The number of carbonyl (C=O) groups is 1. The number of esters is 1. The molecule has 0 saturated carbocycles. The predicted octanol–water partition coefficient (Wildman–Crippen LogP) is 1.83. The second-order valence-corrected chi connectivity index (χ2v) is 6.20. The normalized spacial score (nSPS) is 30.7. The number of hydrogen-bond acceptors (Lipinski definition) is 5. The molecule has 1 N–H and O–H groups in total. The van der Waals surface area contributed by atoms with Crippen molar-refractivity contribution >= 4 is 11.5 Å². The minimum atomic E-state index is -0.814. The molecule has 1 saturated heterocycles. The van der Waals surface area contributed by atoms with E-state index in [1.807, 2.05) is 20.8 Å². The second kappa shape index (κ2) is 5.49. The number of aromatic nitrogens is 3. The summed E-state index contributed by atoms with van der Waals surface area (Å²) < 4.78 is 13.4. The van der Waals surface area contributed by atoms with Crippen LogP contribution < -0.4 is 5.56 Å². The van der Waals surface area contributed by atoms with E-state index < -0.39 is 11.7 Å². The molecule has 1 aliphatic rings. The van der Waals surface area contributed by atoms with Gasteiger partial charge >= 0.3 is 5.97 Å². The van der Waals surface area contributed by atoms with Crippen molar-refractivity contribution < 1.29 is 14.3 Å². The highest BCUT2D eigenvalue weighted by molar-refractivity contribution is 5.66. The van der Waals surface area contributed by atoms with E-state index in [-0.39, 0.29) is 23.6 Å². The number of carbonyl (C=O) groups excluding carboxylic acids is 1. The zero-order valence-corrected chi connectivity index (χ0v) is 13.7. The van der Waals surface area contributed by atoms with Crippen molar-refractivity contribution in [2.75, 3.05) is 0 Å². The van der Waals surface area contributed by atoms with Crippen LogP contribution >= 0.6 is 0 Å². The molecule has 0 radical (unpaired) electrons. The van der Waals surface area contributed by atoms with Crippen molar-refractivity contribution in [3.63, 3.8) is 0 Å². The standard InChI is InChI=1S/C16H21N3O4/c1-5-13-9(2)16(4,23-10(3)20)14(22-13)11-6-7-12-15(21)17-8-18-19(11)12/h6-9,13-14H,5H2,1-4H3,(H,17,18,21)/t9-,13-,14+,16-/m1/s1. The van der Waals surface area contributed by atoms with E-state index in [0.717, 1.165) is 6.42 Å². The van der Waals surface area contributed by atoms with E-state index in [1.165, 1.54) is 13.3 Å². The lowest BCUT2D eigenvalue weighted by atomic mass is 9.83. The van der Waals surface area contributed by atoms with Gasteiger partial charge < -0.3 is 14.5 Å². The van der Waals surface area contributed by atoms with Gasteiger partial charge in [0.15, 0.2) is 0 Å². The van der Waals surface area contributed by atoms with Gasteiger partial charge in [0.25, 0.3) is 5.56 Å². The Bertz CT molecular complexity index is 796. The van der Waals surface area contributed by atoms with Crippen LogP contribution in [0.15, 0.2) is 23.3 Å². The summed E-state index contributed by atoms with van der Waals surface area (Å²) in [6, 6.07) is 3.50. The van der Waals surface area contributed by atoms with Crippen molar-refractivity contribution in [2.45, 2.75) is 51.9 Å². The molecule has 1 fully saturated rings. The Kier molecular flexibility index (Phi) is 3.75. The Morgan fingerprint density at radius 1 is 1.52 bits per heavy atom. The fourth-order valence-electron chi connectivity index (χ4n) is 3.47. The number of nitrogens with one attached hydrogen (secondary N) is 1. The van der Waals surface area contributed by atoms with Crippen LogP contribution in [0.1, 0.15) is 45.9 Å². The monoisotopic (exact) mass is 319 g/mol. The fraction of sp³-hybridized carbons (Fsp3) is 0.562. The van der Waals surface area contributed by atoms with Gasteiger partial charge in [0, 0.05) is 12.8 Å². The van der Waals surface area contributed by atoms with Crippen LogP contribution in [0.25, 0.3) is 5.52 Å².